The van der Waals surface area contributed by atoms with E-state index >= 15 is 0 Å². The molecule has 0 radical (unpaired) electrons. The van der Waals surface area contributed by atoms with Gasteiger partial charge >= 0.3 is 0 Å². The Kier molecular flexibility index (Phi) is 2.32. The van der Waals surface area contributed by atoms with Crippen molar-refractivity contribution in [3.05, 3.63) is 0 Å². The zero-order valence-electron chi connectivity index (χ0n) is 7.27. The van der Waals surface area contributed by atoms with Gasteiger partial charge in [-0.25, -0.2) is 0 Å². The Morgan fingerprint density at radius 3 is 2.67 bits per heavy atom. The largest absolute Gasteiger partial charge is 0.389 e. The van der Waals surface area contributed by atoms with E-state index < -0.39 is 0 Å². The van der Waals surface area contributed by atoms with Crippen LogP contribution in [0.2, 0.25) is 0 Å². The van der Waals surface area contributed by atoms with Crippen LogP contribution in [-0.4, -0.2) is 61.7 Å². The molecule has 0 aliphatic carbocycles. The molecule has 2 aliphatic rings. The smallest absolute Gasteiger partial charge is 0.0950 e. The van der Waals surface area contributed by atoms with E-state index in [1.807, 2.05) is 0 Å². The third-order valence-electron chi connectivity index (χ3n) is 2.70. The number of rotatable bonds is 2. The predicted octanol–water partition coefficient (Wildman–Crippen LogP) is -0.923. The van der Waals surface area contributed by atoms with Crippen LogP contribution in [0.5, 0.6) is 0 Å². The van der Waals surface area contributed by atoms with Crippen LogP contribution in [0, 0.1) is 0 Å². The van der Waals surface area contributed by atoms with E-state index in [4.69, 9.17) is 9.47 Å². The van der Waals surface area contributed by atoms with Crippen LogP contribution in [0.25, 0.3) is 0 Å². The summed E-state index contributed by atoms with van der Waals surface area (Å²) in [6.45, 7) is 3.01. The molecule has 2 rings (SSSR count). The Bertz CT molecular complexity index is 158. The first-order chi connectivity index (χ1) is 5.81. The van der Waals surface area contributed by atoms with Gasteiger partial charge in [-0.15, -0.1) is 0 Å². The highest BCUT2D eigenvalue weighted by molar-refractivity contribution is 4.91. The van der Waals surface area contributed by atoms with Gasteiger partial charge < -0.3 is 14.6 Å². The lowest BCUT2D eigenvalue weighted by molar-refractivity contribution is -0.0671. The lowest BCUT2D eigenvalue weighted by atomic mass is 10.1. The highest BCUT2D eigenvalue weighted by Gasteiger charge is 2.38. The highest BCUT2D eigenvalue weighted by Crippen LogP contribution is 2.20. The van der Waals surface area contributed by atoms with Crippen molar-refractivity contribution >= 4 is 0 Å². The van der Waals surface area contributed by atoms with Gasteiger partial charge in [0.15, 0.2) is 0 Å². The van der Waals surface area contributed by atoms with Crippen LogP contribution in [0.15, 0.2) is 0 Å². The molecule has 0 spiro atoms. The van der Waals surface area contributed by atoms with Gasteiger partial charge in [0.2, 0.25) is 0 Å². The molecule has 2 aliphatic heterocycles. The standard InChI is InChI=1S/C8H15NO3/c1-11-6-2-9(3-6)7-4-12-5-8(7)10/h6-8,10H,2-5H2,1H3. The summed E-state index contributed by atoms with van der Waals surface area (Å²) in [4.78, 5) is 2.21. The van der Waals surface area contributed by atoms with Gasteiger partial charge in [-0.2, -0.15) is 0 Å². The van der Waals surface area contributed by atoms with Crippen molar-refractivity contribution in [1.29, 1.82) is 0 Å². The minimum absolute atomic E-state index is 0.205. The lowest BCUT2D eigenvalue weighted by Crippen LogP contribution is -2.59. The van der Waals surface area contributed by atoms with E-state index in [0.29, 0.717) is 19.3 Å². The average molecular weight is 173 g/mol. The van der Waals surface area contributed by atoms with Crippen LogP contribution in [0.3, 0.4) is 0 Å². The number of hydrogen-bond acceptors (Lipinski definition) is 4. The van der Waals surface area contributed by atoms with Gasteiger partial charge in [0.25, 0.3) is 0 Å². The molecule has 2 heterocycles. The van der Waals surface area contributed by atoms with E-state index in [1.54, 1.807) is 7.11 Å². The molecule has 0 amide bonds. The Labute approximate surface area is 72.1 Å². The molecule has 0 bridgehead atoms. The fourth-order valence-corrected chi connectivity index (χ4v) is 1.77. The summed E-state index contributed by atoms with van der Waals surface area (Å²) in [5.74, 6) is 0. The summed E-state index contributed by atoms with van der Waals surface area (Å²) in [5.41, 5.74) is 0. The fraction of sp³-hybridized carbons (Fsp3) is 1.00. The van der Waals surface area contributed by atoms with Gasteiger partial charge in [-0.3, -0.25) is 4.90 Å². The molecule has 2 unspecified atom stereocenters. The molecule has 4 nitrogen and oxygen atoms in total. The molecule has 1 N–H and O–H groups in total. The second kappa shape index (κ2) is 3.30. The average Bonchev–Trinajstić information content (AvgIpc) is 2.35. The summed E-state index contributed by atoms with van der Waals surface area (Å²) < 4.78 is 10.3. The third-order valence-corrected chi connectivity index (χ3v) is 2.70. The topological polar surface area (TPSA) is 41.9 Å². The molecule has 4 heteroatoms. The van der Waals surface area contributed by atoms with Crippen molar-refractivity contribution < 1.29 is 14.6 Å². The quantitative estimate of drug-likeness (QED) is 0.586. The third kappa shape index (κ3) is 1.35. The van der Waals surface area contributed by atoms with Gasteiger partial charge in [-0.1, -0.05) is 0 Å². The number of ether oxygens (including phenoxy) is 2. The van der Waals surface area contributed by atoms with Gasteiger partial charge in [-0.05, 0) is 0 Å². The Morgan fingerprint density at radius 1 is 1.42 bits per heavy atom. The summed E-state index contributed by atoms with van der Waals surface area (Å²) in [5, 5.41) is 9.48. The van der Waals surface area contributed by atoms with E-state index in [9.17, 15) is 5.11 Å². The van der Waals surface area contributed by atoms with Crippen molar-refractivity contribution in [3.63, 3.8) is 0 Å². The fourth-order valence-electron chi connectivity index (χ4n) is 1.77. The van der Waals surface area contributed by atoms with Crippen molar-refractivity contribution in [3.8, 4) is 0 Å². The maximum atomic E-state index is 9.48. The molecule has 0 aromatic carbocycles. The van der Waals surface area contributed by atoms with Crippen LogP contribution in [0.1, 0.15) is 0 Å². The monoisotopic (exact) mass is 173 g/mol. The van der Waals surface area contributed by atoms with Crippen molar-refractivity contribution in [2.75, 3.05) is 33.4 Å². The SMILES string of the molecule is COC1CN(C2COCC2O)C1. The number of aliphatic hydroxyl groups excluding tert-OH is 1. The van der Waals surface area contributed by atoms with E-state index in [1.165, 1.54) is 0 Å². The first-order valence-corrected chi connectivity index (χ1v) is 4.34. The second-order valence-electron chi connectivity index (χ2n) is 3.48. The zero-order valence-corrected chi connectivity index (χ0v) is 7.27. The molecule has 70 valence electrons. The van der Waals surface area contributed by atoms with Crippen LogP contribution < -0.4 is 0 Å². The van der Waals surface area contributed by atoms with Crippen molar-refractivity contribution in [2.45, 2.75) is 18.2 Å². The molecular formula is C8H15NO3. The maximum Gasteiger partial charge on any atom is 0.0950 e. The minimum Gasteiger partial charge on any atom is -0.389 e. The summed E-state index contributed by atoms with van der Waals surface area (Å²) >= 11 is 0. The predicted molar refractivity (Wildman–Crippen MR) is 43.0 cm³/mol. The van der Waals surface area contributed by atoms with Crippen molar-refractivity contribution in [2.24, 2.45) is 0 Å². The first kappa shape index (κ1) is 8.44. The van der Waals surface area contributed by atoms with Gasteiger partial charge in [0.1, 0.15) is 0 Å². The normalized spacial score (nSPS) is 38.5. The molecular weight excluding hydrogens is 158 g/mol. The number of likely N-dealkylation sites (tertiary alicyclic amines) is 1. The van der Waals surface area contributed by atoms with Crippen LogP contribution in [-0.2, 0) is 9.47 Å². The van der Waals surface area contributed by atoms with E-state index in [2.05, 4.69) is 4.90 Å². The molecule has 12 heavy (non-hydrogen) atoms. The van der Waals surface area contributed by atoms with E-state index in [-0.39, 0.29) is 12.1 Å². The zero-order chi connectivity index (χ0) is 8.55. The number of hydrogen-bond donors (Lipinski definition) is 1. The molecule has 0 aromatic rings. The summed E-state index contributed by atoms with van der Waals surface area (Å²) in [6.07, 6.45) is 0.0561. The molecule has 2 atom stereocenters. The molecule has 0 aromatic heterocycles. The first-order valence-electron chi connectivity index (χ1n) is 4.34. The van der Waals surface area contributed by atoms with E-state index in [0.717, 1.165) is 13.1 Å². The number of methoxy groups -OCH3 is 1. The molecule has 2 fully saturated rings. The Balaban J connectivity index is 1.79. The summed E-state index contributed by atoms with van der Waals surface area (Å²) in [6, 6.07) is 0.205. The van der Waals surface area contributed by atoms with Crippen molar-refractivity contribution in [1.82, 2.24) is 4.90 Å². The Hall–Kier alpha value is -0.160. The van der Waals surface area contributed by atoms with Crippen LogP contribution in [0.4, 0.5) is 0 Å². The Morgan fingerprint density at radius 2 is 2.17 bits per heavy atom. The maximum absolute atomic E-state index is 9.48. The lowest BCUT2D eigenvalue weighted by Gasteiger charge is -2.42. The highest BCUT2D eigenvalue weighted by atomic mass is 16.5. The number of nitrogens with zero attached hydrogens (tertiary/aromatic N) is 1. The molecule has 0 saturated carbocycles. The number of aliphatic hydroxyl groups is 1. The summed E-state index contributed by atoms with van der Waals surface area (Å²) in [7, 11) is 1.73. The minimum atomic E-state index is -0.303. The van der Waals surface area contributed by atoms with Gasteiger partial charge in [0.05, 0.1) is 31.5 Å². The van der Waals surface area contributed by atoms with Crippen LogP contribution >= 0.6 is 0 Å². The second-order valence-corrected chi connectivity index (χ2v) is 3.48. The molecule has 2 saturated heterocycles. The van der Waals surface area contributed by atoms with Gasteiger partial charge in [0, 0.05) is 20.2 Å².